The quantitative estimate of drug-likeness (QED) is 0.867. The van der Waals surface area contributed by atoms with E-state index in [1.165, 1.54) is 6.07 Å². The Morgan fingerprint density at radius 1 is 1.40 bits per heavy atom. The van der Waals surface area contributed by atoms with E-state index in [1.54, 1.807) is 12.1 Å². The fourth-order valence-corrected chi connectivity index (χ4v) is 2.07. The summed E-state index contributed by atoms with van der Waals surface area (Å²) in [6.45, 7) is 4.13. The van der Waals surface area contributed by atoms with Crippen molar-refractivity contribution in [2.24, 2.45) is 11.8 Å². The summed E-state index contributed by atoms with van der Waals surface area (Å²) in [7, 11) is 0. The minimum atomic E-state index is -0.459. The Hall–Kier alpha value is -1.91. The molecule has 5 heteroatoms. The maximum Gasteiger partial charge on any atom is 0.226 e. The van der Waals surface area contributed by atoms with E-state index in [0.717, 1.165) is 12.0 Å². The van der Waals surface area contributed by atoms with Crippen LogP contribution in [0.2, 0.25) is 0 Å². The second-order valence-corrected chi connectivity index (χ2v) is 5.39. The molecule has 0 spiro atoms. The first kappa shape index (κ1) is 14.5. The van der Waals surface area contributed by atoms with Crippen LogP contribution in [0.25, 0.3) is 0 Å². The summed E-state index contributed by atoms with van der Waals surface area (Å²) >= 11 is 0. The van der Waals surface area contributed by atoms with E-state index in [9.17, 15) is 14.0 Å². The minimum absolute atomic E-state index is 0.00651. The molecule has 0 saturated heterocycles. The number of hydrogen-bond donors (Lipinski definition) is 2. The summed E-state index contributed by atoms with van der Waals surface area (Å²) in [5.41, 5.74) is 1.05. The summed E-state index contributed by atoms with van der Waals surface area (Å²) < 4.78 is 13.5. The molecular formula is C15H19FN2O2. The molecule has 0 aliphatic heterocycles. The molecule has 1 aliphatic carbocycles. The van der Waals surface area contributed by atoms with Crippen LogP contribution in [0.5, 0.6) is 0 Å². The lowest BCUT2D eigenvalue weighted by atomic mass is 10.2. The maximum absolute atomic E-state index is 13.5. The first-order valence-corrected chi connectivity index (χ1v) is 6.81. The first-order valence-electron chi connectivity index (χ1n) is 6.81. The molecule has 2 rings (SSSR count). The molecule has 1 aliphatic rings. The van der Waals surface area contributed by atoms with Gasteiger partial charge in [-0.15, -0.1) is 0 Å². The van der Waals surface area contributed by atoms with Crippen molar-refractivity contribution in [2.45, 2.75) is 26.7 Å². The van der Waals surface area contributed by atoms with Crippen LogP contribution in [-0.4, -0.2) is 18.4 Å². The molecule has 0 radical (unpaired) electrons. The molecule has 1 fully saturated rings. The van der Waals surface area contributed by atoms with Crippen LogP contribution in [-0.2, 0) is 9.59 Å². The average molecular weight is 278 g/mol. The highest BCUT2D eigenvalue weighted by Crippen LogP contribution is 2.37. The van der Waals surface area contributed by atoms with Crippen molar-refractivity contribution in [3.63, 3.8) is 0 Å². The van der Waals surface area contributed by atoms with Gasteiger partial charge in [0, 0.05) is 18.9 Å². The number of anilines is 1. The topological polar surface area (TPSA) is 58.2 Å². The SMILES string of the molecule is Cc1ccc(F)c(NC(=O)CCNC(=O)[C@H]2C[C@@H]2C)c1. The standard InChI is InChI=1S/C15H19FN2O2/c1-9-3-4-12(16)13(7-9)18-14(19)5-6-17-15(20)11-8-10(11)2/h3-4,7,10-11H,5-6,8H2,1-2H3,(H,17,20)(H,18,19)/t10-,11-/m0/s1. The zero-order chi connectivity index (χ0) is 14.7. The molecule has 2 amide bonds. The van der Waals surface area contributed by atoms with Gasteiger partial charge in [-0.25, -0.2) is 4.39 Å². The number of hydrogen-bond acceptors (Lipinski definition) is 2. The van der Waals surface area contributed by atoms with Gasteiger partial charge < -0.3 is 10.6 Å². The first-order chi connectivity index (χ1) is 9.47. The molecule has 0 bridgehead atoms. The maximum atomic E-state index is 13.5. The van der Waals surface area contributed by atoms with E-state index in [2.05, 4.69) is 10.6 Å². The molecule has 108 valence electrons. The Morgan fingerprint density at radius 2 is 2.10 bits per heavy atom. The average Bonchev–Trinajstić information content (AvgIpc) is 3.11. The van der Waals surface area contributed by atoms with Crippen molar-refractivity contribution in [3.8, 4) is 0 Å². The Morgan fingerprint density at radius 3 is 2.75 bits per heavy atom. The van der Waals surface area contributed by atoms with Gasteiger partial charge in [0.05, 0.1) is 5.69 Å². The summed E-state index contributed by atoms with van der Waals surface area (Å²) in [5.74, 6) is -0.206. The smallest absolute Gasteiger partial charge is 0.226 e. The number of benzene rings is 1. The van der Waals surface area contributed by atoms with Gasteiger partial charge in [-0.2, -0.15) is 0 Å². The van der Waals surface area contributed by atoms with Gasteiger partial charge in [0.2, 0.25) is 11.8 Å². The van der Waals surface area contributed by atoms with Crippen LogP contribution in [0, 0.1) is 24.6 Å². The Balaban J connectivity index is 1.75. The van der Waals surface area contributed by atoms with Gasteiger partial charge in [-0.3, -0.25) is 9.59 Å². The van der Waals surface area contributed by atoms with Crippen molar-refractivity contribution in [2.75, 3.05) is 11.9 Å². The third kappa shape index (κ3) is 3.79. The van der Waals surface area contributed by atoms with Crippen molar-refractivity contribution >= 4 is 17.5 Å². The summed E-state index contributed by atoms with van der Waals surface area (Å²) in [6, 6.07) is 4.54. The molecule has 20 heavy (non-hydrogen) atoms. The highest BCUT2D eigenvalue weighted by molar-refractivity contribution is 5.91. The molecule has 1 aromatic carbocycles. The van der Waals surface area contributed by atoms with Crippen molar-refractivity contribution in [1.29, 1.82) is 0 Å². The summed E-state index contributed by atoms with van der Waals surface area (Å²) in [6.07, 6.45) is 1.06. The molecule has 4 nitrogen and oxygen atoms in total. The number of aryl methyl sites for hydroxylation is 1. The van der Waals surface area contributed by atoms with Crippen LogP contribution in [0.15, 0.2) is 18.2 Å². The molecular weight excluding hydrogens is 259 g/mol. The van der Waals surface area contributed by atoms with Crippen LogP contribution >= 0.6 is 0 Å². The number of carbonyl (C=O) groups is 2. The fraction of sp³-hybridized carbons (Fsp3) is 0.467. The Labute approximate surface area is 117 Å². The summed E-state index contributed by atoms with van der Waals surface area (Å²) in [4.78, 5) is 23.2. The normalized spacial score (nSPS) is 20.4. The molecule has 1 aromatic rings. The van der Waals surface area contributed by atoms with Gasteiger partial charge in [0.1, 0.15) is 5.82 Å². The fourth-order valence-electron chi connectivity index (χ4n) is 2.07. The molecule has 0 heterocycles. The monoisotopic (exact) mass is 278 g/mol. The largest absolute Gasteiger partial charge is 0.355 e. The van der Waals surface area contributed by atoms with Gasteiger partial charge in [-0.1, -0.05) is 13.0 Å². The second-order valence-electron chi connectivity index (χ2n) is 5.39. The highest BCUT2D eigenvalue weighted by atomic mass is 19.1. The van der Waals surface area contributed by atoms with Gasteiger partial charge in [-0.05, 0) is 37.0 Å². The van der Waals surface area contributed by atoms with Crippen LogP contribution in [0.1, 0.15) is 25.3 Å². The summed E-state index contributed by atoms with van der Waals surface area (Å²) in [5, 5.41) is 5.24. The molecule has 2 N–H and O–H groups in total. The molecule has 0 unspecified atom stereocenters. The second kappa shape index (κ2) is 6.03. The van der Waals surface area contributed by atoms with Crippen LogP contribution in [0.4, 0.5) is 10.1 Å². The zero-order valence-corrected chi connectivity index (χ0v) is 11.7. The number of carbonyl (C=O) groups excluding carboxylic acids is 2. The lowest BCUT2D eigenvalue weighted by Gasteiger charge is -2.08. The molecule has 2 atom stereocenters. The highest BCUT2D eigenvalue weighted by Gasteiger charge is 2.38. The van der Waals surface area contributed by atoms with E-state index >= 15 is 0 Å². The van der Waals surface area contributed by atoms with E-state index in [-0.39, 0.29) is 36.4 Å². The Kier molecular flexibility index (Phi) is 4.37. The number of halogens is 1. The van der Waals surface area contributed by atoms with E-state index < -0.39 is 5.82 Å². The molecule has 1 saturated carbocycles. The predicted octanol–water partition coefficient (Wildman–Crippen LogP) is 2.23. The third-order valence-corrected chi connectivity index (χ3v) is 3.49. The minimum Gasteiger partial charge on any atom is -0.355 e. The zero-order valence-electron chi connectivity index (χ0n) is 11.7. The number of amides is 2. The van der Waals surface area contributed by atoms with Crippen LogP contribution in [0.3, 0.4) is 0 Å². The van der Waals surface area contributed by atoms with E-state index in [1.807, 2.05) is 13.8 Å². The predicted molar refractivity (Wildman–Crippen MR) is 74.7 cm³/mol. The van der Waals surface area contributed by atoms with E-state index in [4.69, 9.17) is 0 Å². The van der Waals surface area contributed by atoms with Crippen molar-refractivity contribution in [1.82, 2.24) is 5.32 Å². The van der Waals surface area contributed by atoms with Crippen molar-refractivity contribution < 1.29 is 14.0 Å². The van der Waals surface area contributed by atoms with Crippen molar-refractivity contribution in [3.05, 3.63) is 29.6 Å². The van der Waals surface area contributed by atoms with Gasteiger partial charge in [0.25, 0.3) is 0 Å². The Bertz CT molecular complexity index is 531. The van der Waals surface area contributed by atoms with Gasteiger partial charge in [0.15, 0.2) is 0 Å². The number of nitrogens with one attached hydrogen (secondary N) is 2. The number of rotatable bonds is 5. The van der Waals surface area contributed by atoms with Crippen LogP contribution < -0.4 is 10.6 Å². The lowest BCUT2D eigenvalue weighted by Crippen LogP contribution is -2.29. The molecule has 0 aromatic heterocycles. The third-order valence-electron chi connectivity index (χ3n) is 3.49. The lowest BCUT2D eigenvalue weighted by molar-refractivity contribution is -0.122. The van der Waals surface area contributed by atoms with Gasteiger partial charge >= 0.3 is 0 Å². The van der Waals surface area contributed by atoms with E-state index in [0.29, 0.717) is 5.92 Å².